The summed E-state index contributed by atoms with van der Waals surface area (Å²) >= 11 is 1.10. The molecule has 0 aliphatic rings. The second kappa shape index (κ2) is 37.5. The summed E-state index contributed by atoms with van der Waals surface area (Å²) in [7, 11) is 0. The Balaban J connectivity index is 6.31. The number of nitrogens with two attached hydrogens (primary N) is 4. The number of carboxylic acids is 1. The number of hydrogen-bond acceptors (Lipinski definition) is 17. The van der Waals surface area contributed by atoms with Crippen molar-refractivity contribution in [2.24, 2.45) is 22.9 Å². The fraction of sp³-hybridized carbons (Fsp3) is 0.786. The lowest BCUT2D eigenvalue weighted by Gasteiger charge is -2.27. The number of unbranched alkanes of at least 4 members (excludes halogenated alkanes) is 4. The van der Waals surface area contributed by atoms with Gasteiger partial charge in [-0.25, -0.2) is 4.79 Å². The van der Waals surface area contributed by atoms with E-state index in [0.717, 1.165) is 11.8 Å². The van der Waals surface area contributed by atoms with Gasteiger partial charge in [0.25, 0.3) is 0 Å². The molecule has 0 radical (unpaired) electrons. The number of carboxylic acid groups (broad SMARTS) is 1. The average molecular weight is 963 g/mol. The van der Waals surface area contributed by atoms with Crippen LogP contribution >= 0.6 is 11.8 Å². The van der Waals surface area contributed by atoms with Gasteiger partial charge >= 0.3 is 17.9 Å². The Morgan fingerprint density at radius 3 is 1.24 bits per heavy atom. The van der Waals surface area contributed by atoms with Gasteiger partial charge in [-0.2, -0.15) is 11.8 Å². The molecule has 0 heterocycles. The molecule has 0 unspecified atom stereocenters. The van der Waals surface area contributed by atoms with Crippen LogP contribution in [0, 0.1) is 0 Å². The van der Waals surface area contributed by atoms with Crippen LogP contribution < -0.4 is 54.8 Å². The number of aliphatic carboxylic acids is 1. The number of carbonyl (C=O) groups is 9. The lowest BCUT2D eigenvalue weighted by Crippen LogP contribution is -2.60. The summed E-state index contributed by atoms with van der Waals surface area (Å²) in [6.07, 6.45) is 3.27. The van der Waals surface area contributed by atoms with Crippen LogP contribution in [0.15, 0.2) is 0 Å². The molecule has 16 N–H and O–H groups in total. The van der Waals surface area contributed by atoms with Crippen molar-refractivity contribution < 1.29 is 62.8 Å². The van der Waals surface area contributed by atoms with E-state index in [-0.39, 0.29) is 76.1 Å². The molecule has 7 atom stereocenters. The highest BCUT2D eigenvalue weighted by molar-refractivity contribution is 7.99. The predicted molar refractivity (Wildman–Crippen MR) is 247 cm³/mol. The van der Waals surface area contributed by atoms with Gasteiger partial charge in [-0.3, -0.25) is 38.4 Å². The van der Waals surface area contributed by atoms with Crippen molar-refractivity contribution in [1.82, 2.24) is 31.9 Å². The fourth-order valence-corrected chi connectivity index (χ4v) is 7.09. The van der Waals surface area contributed by atoms with Gasteiger partial charge < -0.3 is 74.5 Å². The number of amides is 6. The van der Waals surface area contributed by atoms with E-state index in [2.05, 4.69) is 31.9 Å². The van der Waals surface area contributed by atoms with Crippen molar-refractivity contribution in [1.29, 1.82) is 0 Å². The summed E-state index contributed by atoms with van der Waals surface area (Å²) in [5.41, 5.74) is 22.6. The molecule has 0 bridgehead atoms. The average Bonchev–Trinajstić information content (AvgIpc) is 3.30. The molecule has 0 spiro atoms. The Hall–Kier alpha value is -4.62. The number of ether oxygens (including phenoxy) is 2. The summed E-state index contributed by atoms with van der Waals surface area (Å²) in [4.78, 5) is 117. The topological polar surface area (TPSA) is 389 Å². The minimum atomic E-state index is -1.61. The molecule has 0 aromatic rings. The maximum atomic E-state index is 14.0. The van der Waals surface area contributed by atoms with Crippen LogP contribution in [-0.4, -0.2) is 157 Å². The first-order chi connectivity index (χ1) is 31.5. The summed E-state index contributed by atoms with van der Waals surface area (Å²) in [5.74, 6) is -6.89. The van der Waals surface area contributed by atoms with Gasteiger partial charge in [-0.05, 0) is 103 Å². The molecule has 0 aromatic carbocycles. The van der Waals surface area contributed by atoms with Crippen LogP contribution in [0.2, 0.25) is 0 Å². The van der Waals surface area contributed by atoms with Crippen molar-refractivity contribution >= 4 is 65.1 Å². The molecule has 0 fully saturated rings. The summed E-state index contributed by atoms with van der Waals surface area (Å²) < 4.78 is 10.5. The molecule has 0 aliphatic heterocycles. The number of esters is 2. The number of aliphatic hydroxyl groups is 1. The monoisotopic (exact) mass is 963 g/mol. The van der Waals surface area contributed by atoms with Crippen molar-refractivity contribution in [2.75, 3.05) is 50.9 Å². The molecule has 0 saturated carbocycles. The molecule has 0 aliphatic carbocycles. The van der Waals surface area contributed by atoms with Crippen LogP contribution in [-0.2, 0) is 52.6 Å². The number of aliphatic hydroxyl groups excluding tert-OH is 1. The Morgan fingerprint density at radius 1 is 0.485 bits per heavy atom. The lowest BCUT2D eigenvalue weighted by molar-refractivity contribution is -0.157. The highest BCUT2D eigenvalue weighted by Crippen LogP contribution is 2.13. The fourth-order valence-electron chi connectivity index (χ4n) is 6.06. The van der Waals surface area contributed by atoms with E-state index >= 15 is 0 Å². The highest BCUT2D eigenvalue weighted by Gasteiger charge is 2.33. The highest BCUT2D eigenvalue weighted by atomic mass is 32.2. The molecule has 0 saturated heterocycles. The van der Waals surface area contributed by atoms with E-state index in [4.69, 9.17) is 32.4 Å². The minimum Gasteiger partial charge on any atom is -0.480 e. The predicted octanol–water partition coefficient (Wildman–Crippen LogP) is -2.09. The second-order valence-electron chi connectivity index (χ2n) is 15.5. The van der Waals surface area contributed by atoms with Crippen LogP contribution in [0.3, 0.4) is 0 Å². The molecule has 66 heavy (non-hydrogen) atoms. The van der Waals surface area contributed by atoms with Gasteiger partial charge in [0, 0.05) is 30.8 Å². The molecule has 380 valence electrons. The standard InChI is InChI=1S/C42H78N10O13S/c1-4-34(54)47-33(26-66-25-27(65-36(56)6-3)24-64-35(55)5-2)41(61)52-32(23-53)40(60)50-29(16-8-12-20-44)38(58)48-28(15-7-11-19-43)37(57)49-30(17-9-13-21-45)39(59)51-31(42(62)63)18-10-14-22-46/h27-33,53H,4-26,43-46H2,1-3H3,(H,47,54)(H,48,58)(H,49,57)(H,50,60)(H,51,59)(H,52,61)(H,62,63)/t27-,28+,29+,30+,31+,32+,33+/m1/s1. The van der Waals surface area contributed by atoms with Crippen molar-refractivity contribution in [3.05, 3.63) is 0 Å². The first-order valence-corrected chi connectivity index (χ1v) is 24.1. The number of nitrogens with one attached hydrogen (secondary N) is 6. The van der Waals surface area contributed by atoms with Crippen molar-refractivity contribution in [3.8, 4) is 0 Å². The first kappa shape index (κ1) is 61.4. The summed E-state index contributed by atoms with van der Waals surface area (Å²) in [5, 5.41) is 35.4. The van der Waals surface area contributed by atoms with E-state index in [0.29, 0.717) is 64.5 Å². The van der Waals surface area contributed by atoms with Crippen molar-refractivity contribution in [2.45, 2.75) is 159 Å². The van der Waals surface area contributed by atoms with Gasteiger partial charge in [0.15, 0.2) is 0 Å². The molecule has 0 rings (SSSR count). The number of carbonyl (C=O) groups excluding carboxylic acids is 8. The van der Waals surface area contributed by atoms with Gasteiger partial charge in [-0.1, -0.05) is 20.8 Å². The van der Waals surface area contributed by atoms with E-state index in [9.17, 15) is 53.4 Å². The smallest absolute Gasteiger partial charge is 0.326 e. The zero-order chi connectivity index (χ0) is 49.9. The maximum Gasteiger partial charge on any atom is 0.326 e. The quantitative estimate of drug-likeness (QED) is 0.0232. The summed E-state index contributed by atoms with van der Waals surface area (Å²) in [6.45, 7) is 4.82. The van der Waals surface area contributed by atoms with Crippen LogP contribution in [0.4, 0.5) is 0 Å². The van der Waals surface area contributed by atoms with E-state index in [1.807, 2.05) is 0 Å². The molecule has 6 amide bonds. The van der Waals surface area contributed by atoms with Gasteiger partial charge in [0.2, 0.25) is 35.4 Å². The molecule has 23 nitrogen and oxygen atoms in total. The maximum absolute atomic E-state index is 14.0. The molecule has 0 aromatic heterocycles. The largest absolute Gasteiger partial charge is 0.480 e. The lowest BCUT2D eigenvalue weighted by atomic mass is 10.0. The van der Waals surface area contributed by atoms with E-state index < -0.39 is 102 Å². The first-order valence-electron chi connectivity index (χ1n) is 22.9. The summed E-state index contributed by atoms with van der Waals surface area (Å²) in [6, 6.07) is -7.80. The molecular formula is C42H78N10O13S. The third-order valence-corrected chi connectivity index (χ3v) is 11.2. The normalized spacial score (nSPS) is 14.2. The van der Waals surface area contributed by atoms with E-state index in [1.54, 1.807) is 20.8 Å². The van der Waals surface area contributed by atoms with Crippen LogP contribution in [0.25, 0.3) is 0 Å². The minimum absolute atomic E-state index is 0.00977. The second-order valence-corrected chi connectivity index (χ2v) is 16.6. The third-order valence-electron chi connectivity index (χ3n) is 9.98. The van der Waals surface area contributed by atoms with Gasteiger partial charge in [0.05, 0.1) is 6.61 Å². The molecular weight excluding hydrogens is 885 g/mol. The number of rotatable bonds is 39. The number of thioether (sulfide) groups is 1. The van der Waals surface area contributed by atoms with Crippen molar-refractivity contribution in [3.63, 3.8) is 0 Å². The third kappa shape index (κ3) is 27.1. The van der Waals surface area contributed by atoms with E-state index in [1.165, 1.54) is 0 Å². The van der Waals surface area contributed by atoms with Crippen LogP contribution in [0.5, 0.6) is 0 Å². The van der Waals surface area contributed by atoms with Gasteiger partial charge in [0.1, 0.15) is 49.0 Å². The van der Waals surface area contributed by atoms with Gasteiger partial charge in [-0.15, -0.1) is 0 Å². The molecule has 24 heteroatoms. The van der Waals surface area contributed by atoms with Crippen LogP contribution in [0.1, 0.15) is 117 Å². The Labute approximate surface area is 392 Å². The Bertz CT molecular complexity index is 1500. The zero-order valence-corrected chi connectivity index (χ0v) is 39.7. The zero-order valence-electron chi connectivity index (χ0n) is 38.9. The SMILES string of the molecule is CCC(=O)N[C@@H](CSC[C@@H](COC(=O)CC)OC(=O)CC)C(=O)N[C@@H](CO)C(=O)N[C@@H](CCCCN)C(=O)N[C@@H](CCCCN)C(=O)N[C@@H](CCCCN)C(=O)N[C@@H](CCCCN)C(=O)O. The number of hydrogen-bond donors (Lipinski definition) is 12. The Morgan fingerprint density at radius 2 is 0.864 bits per heavy atom. The Kier molecular flexibility index (Phi) is 34.8.